The van der Waals surface area contributed by atoms with Crippen LogP contribution < -0.4 is 5.32 Å². The van der Waals surface area contributed by atoms with Crippen LogP contribution in [0.15, 0.2) is 10.9 Å². The van der Waals surface area contributed by atoms with Gasteiger partial charge in [0.25, 0.3) is 0 Å². The van der Waals surface area contributed by atoms with Crippen LogP contribution in [0.5, 0.6) is 0 Å². The molecule has 0 aliphatic heterocycles. The van der Waals surface area contributed by atoms with E-state index in [1.807, 2.05) is 5.51 Å². The first-order valence-electron chi connectivity index (χ1n) is 5.77. The van der Waals surface area contributed by atoms with Crippen molar-refractivity contribution in [1.29, 1.82) is 0 Å². The van der Waals surface area contributed by atoms with Gasteiger partial charge in [-0.15, -0.1) is 11.3 Å². The van der Waals surface area contributed by atoms with Crippen LogP contribution in [0.3, 0.4) is 0 Å². The van der Waals surface area contributed by atoms with Crippen molar-refractivity contribution in [2.45, 2.75) is 39.7 Å². The monoisotopic (exact) mass is 242 g/mol. The largest absolute Gasteiger partial charge is 0.396 e. The van der Waals surface area contributed by atoms with E-state index in [1.54, 1.807) is 11.3 Å². The van der Waals surface area contributed by atoms with Crippen molar-refractivity contribution >= 4 is 11.3 Å². The van der Waals surface area contributed by atoms with Gasteiger partial charge in [0.2, 0.25) is 0 Å². The number of rotatable bonds is 7. The lowest BCUT2D eigenvalue weighted by molar-refractivity contribution is 0.147. The molecule has 0 amide bonds. The number of aromatic nitrogens is 1. The zero-order valence-electron chi connectivity index (χ0n) is 10.4. The molecule has 16 heavy (non-hydrogen) atoms. The molecule has 0 aromatic carbocycles. The van der Waals surface area contributed by atoms with Gasteiger partial charge in [-0.2, -0.15) is 0 Å². The molecule has 1 aromatic heterocycles. The molecule has 2 N–H and O–H groups in total. The molecule has 0 aliphatic carbocycles. The number of thiazole rings is 1. The van der Waals surface area contributed by atoms with Gasteiger partial charge in [-0.1, -0.05) is 13.8 Å². The van der Waals surface area contributed by atoms with Gasteiger partial charge in [0.1, 0.15) is 0 Å². The van der Waals surface area contributed by atoms with Gasteiger partial charge in [0, 0.05) is 18.0 Å². The lowest BCUT2D eigenvalue weighted by Gasteiger charge is -2.21. The summed E-state index contributed by atoms with van der Waals surface area (Å²) >= 11 is 1.63. The van der Waals surface area contributed by atoms with Gasteiger partial charge in [-0.25, -0.2) is 4.98 Å². The zero-order chi connectivity index (χ0) is 12.0. The first kappa shape index (κ1) is 13.6. The second-order valence-electron chi connectivity index (χ2n) is 5.02. The SMILES string of the molecule is CC(NCCCC(C)(C)CO)c1cscn1. The van der Waals surface area contributed by atoms with E-state index in [4.69, 9.17) is 5.11 Å². The predicted molar refractivity (Wildman–Crippen MR) is 68.6 cm³/mol. The third-order valence-corrected chi connectivity index (χ3v) is 3.41. The van der Waals surface area contributed by atoms with Crippen molar-refractivity contribution in [1.82, 2.24) is 10.3 Å². The number of hydrogen-bond donors (Lipinski definition) is 2. The molecular weight excluding hydrogens is 220 g/mol. The van der Waals surface area contributed by atoms with Gasteiger partial charge >= 0.3 is 0 Å². The Balaban J connectivity index is 2.16. The molecule has 1 heterocycles. The molecular formula is C12H22N2OS. The highest BCUT2D eigenvalue weighted by molar-refractivity contribution is 7.07. The minimum absolute atomic E-state index is 0.0472. The first-order chi connectivity index (χ1) is 7.55. The third kappa shape index (κ3) is 4.60. The molecule has 1 aromatic rings. The Hall–Kier alpha value is -0.450. The average Bonchev–Trinajstić information content (AvgIpc) is 2.77. The smallest absolute Gasteiger partial charge is 0.0795 e. The van der Waals surface area contributed by atoms with Gasteiger partial charge in [0.15, 0.2) is 0 Å². The van der Waals surface area contributed by atoms with Gasteiger partial charge < -0.3 is 10.4 Å². The molecule has 0 spiro atoms. The van der Waals surface area contributed by atoms with E-state index in [0.29, 0.717) is 6.04 Å². The molecule has 1 rings (SSSR count). The van der Waals surface area contributed by atoms with Crippen LogP contribution >= 0.6 is 11.3 Å². The van der Waals surface area contributed by atoms with Crippen LogP contribution in [-0.4, -0.2) is 23.2 Å². The average molecular weight is 242 g/mol. The molecule has 0 saturated heterocycles. The van der Waals surface area contributed by atoms with E-state index in [-0.39, 0.29) is 12.0 Å². The molecule has 1 atom stereocenters. The maximum absolute atomic E-state index is 9.12. The topological polar surface area (TPSA) is 45.1 Å². The van der Waals surface area contributed by atoms with E-state index in [0.717, 1.165) is 25.1 Å². The van der Waals surface area contributed by atoms with Crippen LogP contribution in [0, 0.1) is 5.41 Å². The van der Waals surface area contributed by atoms with Crippen LogP contribution in [0.25, 0.3) is 0 Å². The van der Waals surface area contributed by atoms with Crippen LogP contribution in [0.1, 0.15) is 45.3 Å². The fourth-order valence-corrected chi connectivity index (χ4v) is 2.15. The molecule has 1 unspecified atom stereocenters. The van der Waals surface area contributed by atoms with E-state index >= 15 is 0 Å². The van der Waals surface area contributed by atoms with Crippen molar-refractivity contribution in [3.05, 3.63) is 16.6 Å². The standard InChI is InChI=1S/C12H22N2OS/c1-10(11-7-16-9-14-11)13-6-4-5-12(2,3)8-15/h7,9-10,13,15H,4-6,8H2,1-3H3. The minimum atomic E-state index is 0.0472. The zero-order valence-corrected chi connectivity index (χ0v) is 11.2. The highest BCUT2D eigenvalue weighted by atomic mass is 32.1. The summed E-state index contributed by atoms with van der Waals surface area (Å²) in [4.78, 5) is 4.28. The number of aliphatic hydroxyl groups excluding tert-OH is 1. The fraction of sp³-hybridized carbons (Fsp3) is 0.750. The molecule has 0 bridgehead atoms. The summed E-state index contributed by atoms with van der Waals surface area (Å²) in [5.74, 6) is 0. The first-order valence-corrected chi connectivity index (χ1v) is 6.72. The molecule has 0 saturated carbocycles. The van der Waals surface area contributed by atoms with E-state index < -0.39 is 0 Å². The minimum Gasteiger partial charge on any atom is -0.396 e. The normalized spacial score (nSPS) is 14.0. The number of hydrogen-bond acceptors (Lipinski definition) is 4. The highest BCUT2D eigenvalue weighted by Crippen LogP contribution is 2.20. The third-order valence-electron chi connectivity index (χ3n) is 2.80. The maximum Gasteiger partial charge on any atom is 0.0795 e. The van der Waals surface area contributed by atoms with Crippen LogP contribution in [0.2, 0.25) is 0 Å². The van der Waals surface area contributed by atoms with Crippen molar-refractivity contribution in [3.63, 3.8) is 0 Å². The van der Waals surface area contributed by atoms with Gasteiger partial charge in [-0.3, -0.25) is 0 Å². The van der Waals surface area contributed by atoms with Crippen molar-refractivity contribution in [3.8, 4) is 0 Å². The van der Waals surface area contributed by atoms with E-state index in [1.165, 1.54) is 0 Å². The van der Waals surface area contributed by atoms with Crippen molar-refractivity contribution < 1.29 is 5.11 Å². The molecule has 92 valence electrons. The Morgan fingerprint density at radius 1 is 1.56 bits per heavy atom. The second kappa shape index (κ2) is 6.33. The van der Waals surface area contributed by atoms with Gasteiger partial charge in [0.05, 0.1) is 11.2 Å². The Morgan fingerprint density at radius 2 is 2.31 bits per heavy atom. The number of aliphatic hydroxyl groups is 1. The van der Waals surface area contributed by atoms with Crippen molar-refractivity contribution in [2.75, 3.05) is 13.2 Å². The molecule has 0 radical (unpaired) electrons. The molecule has 0 aliphatic rings. The number of nitrogens with zero attached hydrogens (tertiary/aromatic N) is 1. The lowest BCUT2D eigenvalue weighted by atomic mass is 9.89. The molecule has 0 fully saturated rings. The lowest BCUT2D eigenvalue weighted by Crippen LogP contribution is -2.23. The van der Waals surface area contributed by atoms with Gasteiger partial charge in [-0.05, 0) is 31.7 Å². The second-order valence-corrected chi connectivity index (χ2v) is 5.73. The summed E-state index contributed by atoms with van der Waals surface area (Å²) in [6.45, 7) is 7.55. The Bertz CT molecular complexity index is 285. The summed E-state index contributed by atoms with van der Waals surface area (Å²) in [5.41, 5.74) is 3.03. The van der Waals surface area contributed by atoms with E-state index in [2.05, 4.69) is 36.5 Å². The van der Waals surface area contributed by atoms with Crippen molar-refractivity contribution in [2.24, 2.45) is 5.41 Å². The summed E-state index contributed by atoms with van der Waals surface area (Å²) in [6.07, 6.45) is 2.13. The van der Waals surface area contributed by atoms with E-state index in [9.17, 15) is 0 Å². The summed E-state index contributed by atoms with van der Waals surface area (Å²) < 4.78 is 0. The fourth-order valence-electron chi connectivity index (χ4n) is 1.50. The van der Waals surface area contributed by atoms with Crippen LogP contribution in [0.4, 0.5) is 0 Å². The quantitative estimate of drug-likeness (QED) is 0.722. The Kier molecular flexibility index (Phi) is 5.38. The summed E-state index contributed by atoms with van der Waals surface area (Å²) in [6, 6.07) is 0.323. The Morgan fingerprint density at radius 3 is 2.88 bits per heavy atom. The summed E-state index contributed by atoms with van der Waals surface area (Å²) in [7, 11) is 0. The predicted octanol–water partition coefficient (Wildman–Crippen LogP) is 2.59. The summed E-state index contributed by atoms with van der Waals surface area (Å²) in [5, 5.41) is 14.6. The Labute approximate surface area is 102 Å². The number of nitrogens with one attached hydrogen (secondary N) is 1. The highest BCUT2D eigenvalue weighted by Gasteiger charge is 2.15. The molecule has 4 heteroatoms. The van der Waals surface area contributed by atoms with Crippen LogP contribution in [-0.2, 0) is 0 Å². The molecule has 3 nitrogen and oxygen atoms in total. The maximum atomic E-state index is 9.12.